The molecule has 24 heavy (non-hydrogen) atoms. The Morgan fingerprint density at radius 1 is 0.917 bits per heavy atom. The van der Waals surface area contributed by atoms with E-state index in [0.717, 1.165) is 6.42 Å². The number of rotatable bonds is 1. The monoisotopic (exact) mass is 423 g/mol. The second-order valence-electron chi connectivity index (χ2n) is 6.78. The number of fused-ring (bicyclic) bond motifs is 4. The molecule has 1 aliphatic carbocycles. The number of hydrogen-bond acceptors (Lipinski definition) is 1. The van der Waals surface area contributed by atoms with Crippen molar-refractivity contribution in [2.24, 2.45) is 5.92 Å². The SMILES string of the molecule is Ic1ccc2c(c1)[C@@H]1C=CC[C@@H]1[C@H](c1cccc3ccccc13)N2. The molecule has 0 bridgehead atoms. The van der Waals surface area contributed by atoms with Gasteiger partial charge < -0.3 is 5.32 Å². The van der Waals surface area contributed by atoms with Crippen molar-refractivity contribution in [3.63, 3.8) is 0 Å². The molecule has 5 rings (SSSR count). The summed E-state index contributed by atoms with van der Waals surface area (Å²) in [6.07, 6.45) is 5.93. The summed E-state index contributed by atoms with van der Waals surface area (Å²) < 4.78 is 1.32. The van der Waals surface area contributed by atoms with Gasteiger partial charge in [0, 0.05) is 15.2 Å². The molecule has 0 fully saturated rings. The van der Waals surface area contributed by atoms with Gasteiger partial charge in [-0.05, 0) is 75.0 Å². The lowest BCUT2D eigenvalue weighted by Gasteiger charge is -2.38. The number of nitrogens with one attached hydrogen (secondary N) is 1. The van der Waals surface area contributed by atoms with Crippen LogP contribution in [0, 0.1) is 9.49 Å². The normalized spacial score (nSPS) is 24.5. The molecule has 0 amide bonds. The van der Waals surface area contributed by atoms with Crippen LogP contribution in [0.25, 0.3) is 10.8 Å². The summed E-state index contributed by atoms with van der Waals surface area (Å²) in [5.74, 6) is 1.13. The Morgan fingerprint density at radius 2 is 1.79 bits per heavy atom. The Hall–Kier alpha value is -1.81. The van der Waals surface area contributed by atoms with Gasteiger partial charge in [-0.15, -0.1) is 0 Å². The van der Waals surface area contributed by atoms with Crippen molar-refractivity contribution in [3.8, 4) is 0 Å². The van der Waals surface area contributed by atoms with E-state index in [1.54, 1.807) is 0 Å². The van der Waals surface area contributed by atoms with Crippen molar-refractivity contribution >= 4 is 39.1 Å². The van der Waals surface area contributed by atoms with Crippen LogP contribution in [0.5, 0.6) is 0 Å². The van der Waals surface area contributed by atoms with Crippen LogP contribution in [0.4, 0.5) is 5.69 Å². The standard InChI is InChI=1S/C22H18IN/c23-15-11-12-21-20(13-15)17-8-4-10-19(17)22(24-21)18-9-3-6-14-5-1-2-7-16(14)18/h1-9,11-13,17,19,22,24H,10H2/t17-,19+,22+/m1/s1. The van der Waals surface area contributed by atoms with Gasteiger partial charge >= 0.3 is 0 Å². The Labute approximate surface area is 155 Å². The van der Waals surface area contributed by atoms with Gasteiger partial charge in [-0.2, -0.15) is 0 Å². The molecule has 0 aromatic heterocycles. The van der Waals surface area contributed by atoms with Gasteiger partial charge in [-0.25, -0.2) is 0 Å². The first-order valence-corrected chi connectivity index (χ1v) is 9.59. The van der Waals surface area contributed by atoms with Crippen molar-refractivity contribution in [2.45, 2.75) is 18.4 Å². The zero-order valence-electron chi connectivity index (χ0n) is 13.2. The second-order valence-corrected chi connectivity index (χ2v) is 8.02. The summed E-state index contributed by atoms with van der Waals surface area (Å²) in [5, 5.41) is 6.56. The summed E-state index contributed by atoms with van der Waals surface area (Å²) in [6.45, 7) is 0. The van der Waals surface area contributed by atoms with Gasteiger partial charge in [0.1, 0.15) is 0 Å². The first kappa shape index (κ1) is 14.5. The van der Waals surface area contributed by atoms with Crippen LogP contribution in [0.15, 0.2) is 72.8 Å². The molecule has 3 atom stereocenters. The van der Waals surface area contributed by atoms with Crippen molar-refractivity contribution in [1.29, 1.82) is 0 Å². The number of allylic oxidation sites excluding steroid dienone is 2. The lowest BCUT2D eigenvalue weighted by molar-refractivity contribution is 0.427. The predicted octanol–water partition coefficient (Wildman–Crippen LogP) is 6.27. The van der Waals surface area contributed by atoms with E-state index in [9.17, 15) is 0 Å². The lowest BCUT2D eigenvalue weighted by Crippen LogP contribution is -2.29. The summed E-state index contributed by atoms with van der Waals surface area (Å²) in [4.78, 5) is 0. The third-order valence-corrected chi connectivity index (χ3v) is 6.15. The van der Waals surface area contributed by atoms with Gasteiger partial charge in [0.25, 0.3) is 0 Å². The van der Waals surface area contributed by atoms with Crippen LogP contribution in [0.2, 0.25) is 0 Å². The minimum atomic E-state index is 0.365. The van der Waals surface area contributed by atoms with E-state index >= 15 is 0 Å². The molecule has 2 heteroatoms. The highest BCUT2D eigenvalue weighted by atomic mass is 127. The molecule has 118 valence electrons. The highest BCUT2D eigenvalue weighted by molar-refractivity contribution is 14.1. The molecule has 0 radical (unpaired) electrons. The van der Waals surface area contributed by atoms with E-state index in [-0.39, 0.29) is 0 Å². The van der Waals surface area contributed by atoms with E-state index in [1.165, 1.54) is 31.2 Å². The third-order valence-electron chi connectivity index (χ3n) is 5.48. The van der Waals surface area contributed by atoms with Gasteiger partial charge in [0.05, 0.1) is 6.04 Å². The maximum atomic E-state index is 3.86. The molecule has 0 spiro atoms. The van der Waals surface area contributed by atoms with E-state index < -0.39 is 0 Å². The molecule has 1 nitrogen and oxygen atoms in total. The Morgan fingerprint density at radius 3 is 2.75 bits per heavy atom. The van der Waals surface area contributed by atoms with Crippen molar-refractivity contribution in [3.05, 3.63) is 87.5 Å². The molecule has 1 N–H and O–H groups in total. The third kappa shape index (κ3) is 2.20. The van der Waals surface area contributed by atoms with E-state index in [0.29, 0.717) is 17.9 Å². The van der Waals surface area contributed by atoms with E-state index in [2.05, 4.69) is 101 Å². The number of benzene rings is 3. The fraction of sp³-hybridized carbons (Fsp3) is 0.182. The van der Waals surface area contributed by atoms with Gasteiger partial charge in [-0.1, -0.05) is 54.6 Å². The van der Waals surface area contributed by atoms with Crippen molar-refractivity contribution in [2.75, 3.05) is 5.32 Å². The fourth-order valence-corrected chi connectivity index (χ4v) is 4.91. The Bertz CT molecular complexity index is 954. The molecule has 0 saturated heterocycles. The fourth-order valence-electron chi connectivity index (χ4n) is 4.39. The van der Waals surface area contributed by atoms with Crippen molar-refractivity contribution in [1.82, 2.24) is 0 Å². The van der Waals surface area contributed by atoms with Gasteiger partial charge in [-0.3, -0.25) is 0 Å². The van der Waals surface area contributed by atoms with Gasteiger partial charge in [0.2, 0.25) is 0 Å². The van der Waals surface area contributed by atoms with Crippen LogP contribution in [-0.4, -0.2) is 0 Å². The van der Waals surface area contributed by atoms with Crippen LogP contribution >= 0.6 is 22.6 Å². The Balaban J connectivity index is 1.68. The molecular weight excluding hydrogens is 405 g/mol. The first-order valence-electron chi connectivity index (χ1n) is 8.51. The number of anilines is 1. The minimum absolute atomic E-state index is 0.365. The summed E-state index contributed by atoms with van der Waals surface area (Å²) in [6, 6.07) is 22.6. The highest BCUT2D eigenvalue weighted by Gasteiger charge is 2.38. The van der Waals surface area contributed by atoms with Gasteiger partial charge in [0.15, 0.2) is 0 Å². The smallest absolute Gasteiger partial charge is 0.0560 e. The molecule has 1 aliphatic heterocycles. The highest BCUT2D eigenvalue weighted by Crippen LogP contribution is 2.50. The minimum Gasteiger partial charge on any atom is -0.378 e. The zero-order chi connectivity index (χ0) is 16.1. The van der Waals surface area contributed by atoms with E-state index in [4.69, 9.17) is 0 Å². The Kier molecular flexibility index (Phi) is 3.40. The largest absolute Gasteiger partial charge is 0.378 e. The molecule has 0 unspecified atom stereocenters. The van der Waals surface area contributed by atoms with Crippen molar-refractivity contribution < 1.29 is 0 Å². The molecule has 2 aliphatic rings. The van der Waals surface area contributed by atoms with Crippen LogP contribution in [0.1, 0.15) is 29.5 Å². The van der Waals surface area contributed by atoms with Crippen LogP contribution in [0.3, 0.4) is 0 Å². The number of hydrogen-bond donors (Lipinski definition) is 1. The maximum absolute atomic E-state index is 3.86. The second kappa shape index (κ2) is 5.62. The molecular formula is C22H18IN. The molecule has 0 saturated carbocycles. The molecule has 3 aromatic carbocycles. The first-order chi connectivity index (χ1) is 11.8. The lowest BCUT2D eigenvalue weighted by atomic mass is 9.76. The van der Waals surface area contributed by atoms with Crippen LogP contribution in [-0.2, 0) is 0 Å². The summed E-state index contributed by atoms with van der Waals surface area (Å²) in [7, 11) is 0. The molecule has 1 heterocycles. The maximum Gasteiger partial charge on any atom is 0.0560 e. The van der Waals surface area contributed by atoms with Crippen LogP contribution < -0.4 is 5.32 Å². The topological polar surface area (TPSA) is 12.0 Å². The molecule has 3 aromatic rings. The number of halogens is 1. The predicted molar refractivity (Wildman–Crippen MR) is 109 cm³/mol. The summed E-state index contributed by atoms with van der Waals surface area (Å²) in [5.41, 5.74) is 4.18. The quantitative estimate of drug-likeness (QED) is 0.359. The van der Waals surface area contributed by atoms with E-state index in [1.807, 2.05) is 0 Å². The zero-order valence-corrected chi connectivity index (χ0v) is 15.4. The average molecular weight is 423 g/mol. The average Bonchev–Trinajstić information content (AvgIpc) is 3.11. The summed E-state index contributed by atoms with van der Waals surface area (Å²) >= 11 is 2.42.